The molecule has 4 nitrogen and oxygen atoms in total. The second-order valence-electron chi connectivity index (χ2n) is 4.09. The van der Waals surface area contributed by atoms with E-state index in [1.54, 1.807) is 18.3 Å². The van der Waals surface area contributed by atoms with Gasteiger partial charge in [0.15, 0.2) is 6.61 Å². The van der Waals surface area contributed by atoms with Crippen LogP contribution < -0.4 is 10.1 Å². The number of aromatic amines is 1. The molecule has 2 N–H and O–H groups in total. The molecule has 1 aromatic heterocycles. The summed E-state index contributed by atoms with van der Waals surface area (Å²) < 4.78 is 41.9. The molecule has 0 aliphatic rings. The van der Waals surface area contributed by atoms with Gasteiger partial charge in [-0.3, -0.25) is 4.79 Å². The van der Waals surface area contributed by atoms with E-state index >= 15 is 0 Å². The zero-order valence-electron chi connectivity index (χ0n) is 10.5. The summed E-state index contributed by atoms with van der Waals surface area (Å²) in [6, 6.07) is 7.47. The summed E-state index contributed by atoms with van der Waals surface area (Å²) in [5.41, 5.74) is 0.435. The van der Waals surface area contributed by atoms with Crippen LogP contribution in [0.2, 0.25) is 0 Å². The minimum absolute atomic E-state index is 0.0474. The normalized spacial score (nSPS) is 11.2. The summed E-state index contributed by atoms with van der Waals surface area (Å²) in [7, 11) is 0. The molecule has 1 heterocycles. The molecule has 112 valence electrons. The number of hydrogen-bond acceptors (Lipinski definition) is 2. The summed E-state index contributed by atoms with van der Waals surface area (Å²) in [6.07, 6.45) is -2.87. The highest BCUT2D eigenvalue weighted by atomic mass is 79.9. The van der Waals surface area contributed by atoms with Crippen LogP contribution in [0.4, 0.5) is 18.9 Å². The van der Waals surface area contributed by atoms with Crippen molar-refractivity contribution >= 4 is 27.5 Å². The van der Waals surface area contributed by atoms with Crippen LogP contribution in [0.1, 0.15) is 10.5 Å². The van der Waals surface area contributed by atoms with Gasteiger partial charge in [-0.15, -0.1) is 0 Å². The summed E-state index contributed by atoms with van der Waals surface area (Å²) in [6.45, 7) is -1.42. The Morgan fingerprint density at radius 1 is 1.33 bits per heavy atom. The molecule has 0 saturated heterocycles. The second kappa shape index (κ2) is 6.21. The Morgan fingerprint density at radius 2 is 2.05 bits per heavy atom. The Kier molecular flexibility index (Phi) is 4.56. The highest BCUT2D eigenvalue weighted by Crippen LogP contribution is 2.26. The Balaban J connectivity index is 2.11. The van der Waals surface area contributed by atoms with E-state index in [9.17, 15) is 18.0 Å². The van der Waals surface area contributed by atoms with Gasteiger partial charge in [0.2, 0.25) is 0 Å². The van der Waals surface area contributed by atoms with Gasteiger partial charge < -0.3 is 15.0 Å². The fourth-order valence-corrected chi connectivity index (χ4v) is 1.89. The van der Waals surface area contributed by atoms with E-state index in [1.165, 1.54) is 18.2 Å². The van der Waals surface area contributed by atoms with Crippen molar-refractivity contribution in [1.29, 1.82) is 0 Å². The lowest BCUT2D eigenvalue weighted by molar-refractivity contribution is -0.153. The second-order valence-corrected chi connectivity index (χ2v) is 5.00. The number of carbonyl (C=O) groups is 1. The van der Waals surface area contributed by atoms with E-state index in [-0.39, 0.29) is 17.1 Å². The summed E-state index contributed by atoms with van der Waals surface area (Å²) in [5, 5.41) is 2.49. The van der Waals surface area contributed by atoms with Crippen LogP contribution in [0.5, 0.6) is 5.75 Å². The van der Waals surface area contributed by atoms with Crippen LogP contribution in [0.15, 0.2) is 41.0 Å². The third-order valence-corrected chi connectivity index (χ3v) is 2.88. The zero-order valence-corrected chi connectivity index (χ0v) is 12.1. The number of aromatic nitrogens is 1. The number of nitrogens with one attached hydrogen (secondary N) is 2. The fourth-order valence-electron chi connectivity index (χ4n) is 1.54. The average Bonchev–Trinajstić information content (AvgIpc) is 2.83. The average molecular weight is 363 g/mol. The van der Waals surface area contributed by atoms with Gasteiger partial charge in [0, 0.05) is 10.7 Å². The molecule has 0 aliphatic heterocycles. The number of rotatable bonds is 4. The number of alkyl halides is 3. The molecule has 0 fully saturated rings. The number of amides is 1. The summed E-state index contributed by atoms with van der Waals surface area (Å²) in [4.78, 5) is 14.7. The molecule has 21 heavy (non-hydrogen) atoms. The number of carbonyl (C=O) groups excluding carboxylic acids is 1. The molecule has 1 aromatic carbocycles. The third kappa shape index (κ3) is 4.52. The molecular formula is C13H10BrF3N2O2. The molecule has 0 aliphatic carbocycles. The lowest BCUT2D eigenvalue weighted by Gasteiger charge is -2.13. The fraction of sp³-hybridized carbons (Fsp3) is 0.154. The maximum atomic E-state index is 12.2. The van der Waals surface area contributed by atoms with Gasteiger partial charge in [-0.05, 0) is 34.1 Å². The van der Waals surface area contributed by atoms with E-state index in [1.807, 2.05) is 0 Å². The first kappa shape index (κ1) is 15.4. The van der Waals surface area contributed by atoms with Crippen molar-refractivity contribution in [3.63, 3.8) is 0 Å². The van der Waals surface area contributed by atoms with Gasteiger partial charge in [0.25, 0.3) is 5.91 Å². The van der Waals surface area contributed by atoms with E-state index < -0.39 is 18.7 Å². The molecule has 2 rings (SSSR count). The predicted octanol–water partition coefficient (Wildman–Crippen LogP) is 3.97. The minimum Gasteiger partial charge on any atom is -0.482 e. The van der Waals surface area contributed by atoms with E-state index in [0.717, 1.165) is 0 Å². The number of ether oxygens (including phenoxy) is 1. The molecule has 0 radical (unpaired) electrons. The predicted molar refractivity (Wildman–Crippen MR) is 74.4 cm³/mol. The number of para-hydroxylation sites is 2. The van der Waals surface area contributed by atoms with Crippen LogP contribution >= 0.6 is 15.9 Å². The molecular weight excluding hydrogens is 353 g/mol. The van der Waals surface area contributed by atoms with Crippen LogP contribution in [0.25, 0.3) is 0 Å². The van der Waals surface area contributed by atoms with Gasteiger partial charge in [-0.1, -0.05) is 12.1 Å². The highest BCUT2D eigenvalue weighted by molar-refractivity contribution is 9.10. The molecule has 0 saturated carbocycles. The van der Waals surface area contributed by atoms with E-state index in [0.29, 0.717) is 4.47 Å². The maximum Gasteiger partial charge on any atom is 0.422 e. The Labute approximate surface area is 126 Å². The van der Waals surface area contributed by atoms with Crippen LogP contribution in [0.3, 0.4) is 0 Å². The Hall–Kier alpha value is -1.96. The van der Waals surface area contributed by atoms with Gasteiger partial charge in [0.05, 0.1) is 5.69 Å². The standard InChI is InChI=1S/C13H10BrF3N2O2/c14-8-5-10(18-6-8)12(20)19-9-3-1-2-4-11(9)21-7-13(15,16)17/h1-6,18H,7H2,(H,19,20). The number of halogens is 4. The molecule has 2 aromatic rings. The van der Waals surface area contributed by atoms with Crippen molar-refractivity contribution in [3.8, 4) is 5.75 Å². The minimum atomic E-state index is -4.44. The number of anilines is 1. The molecule has 0 atom stereocenters. The van der Waals surface area contributed by atoms with Gasteiger partial charge in [0.1, 0.15) is 11.4 Å². The van der Waals surface area contributed by atoms with E-state index in [2.05, 4.69) is 31.0 Å². The van der Waals surface area contributed by atoms with Gasteiger partial charge in [-0.25, -0.2) is 0 Å². The number of H-pyrrole nitrogens is 1. The first-order chi connectivity index (χ1) is 9.85. The summed E-state index contributed by atoms with van der Waals surface area (Å²) in [5.74, 6) is -0.530. The lowest BCUT2D eigenvalue weighted by atomic mass is 10.3. The quantitative estimate of drug-likeness (QED) is 0.864. The molecule has 8 heteroatoms. The van der Waals surface area contributed by atoms with Gasteiger partial charge in [-0.2, -0.15) is 13.2 Å². The van der Waals surface area contributed by atoms with Gasteiger partial charge >= 0.3 is 6.18 Å². The van der Waals surface area contributed by atoms with Crippen molar-refractivity contribution in [2.24, 2.45) is 0 Å². The van der Waals surface area contributed by atoms with Crippen LogP contribution in [0, 0.1) is 0 Å². The Morgan fingerprint density at radius 3 is 2.67 bits per heavy atom. The number of benzene rings is 1. The van der Waals surface area contributed by atoms with E-state index in [4.69, 9.17) is 0 Å². The van der Waals surface area contributed by atoms with Crippen molar-refractivity contribution in [2.45, 2.75) is 6.18 Å². The smallest absolute Gasteiger partial charge is 0.422 e. The third-order valence-electron chi connectivity index (χ3n) is 2.42. The molecule has 1 amide bonds. The topological polar surface area (TPSA) is 54.1 Å². The monoisotopic (exact) mass is 362 g/mol. The highest BCUT2D eigenvalue weighted by Gasteiger charge is 2.28. The first-order valence-corrected chi connectivity index (χ1v) is 6.58. The molecule has 0 spiro atoms. The lowest BCUT2D eigenvalue weighted by Crippen LogP contribution is -2.20. The van der Waals surface area contributed by atoms with Crippen molar-refractivity contribution < 1.29 is 22.7 Å². The Bertz CT molecular complexity index is 640. The number of hydrogen-bond donors (Lipinski definition) is 2. The molecule has 0 unspecified atom stereocenters. The first-order valence-electron chi connectivity index (χ1n) is 5.79. The zero-order chi connectivity index (χ0) is 15.5. The SMILES string of the molecule is O=C(Nc1ccccc1OCC(F)(F)F)c1cc(Br)c[nH]1. The largest absolute Gasteiger partial charge is 0.482 e. The summed E-state index contributed by atoms with van der Waals surface area (Å²) >= 11 is 3.19. The maximum absolute atomic E-state index is 12.2. The van der Waals surface area contributed by atoms with Crippen molar-refractivity contribution in [3.05, 3.63) is 46.7 Å². The van der Waals surface area contributed by atoms with Crippen molar-refractivity contribution in [1.82, 2.24) is 4.98 Å². The molecule has 0 bridgehead atoms. The van der Waals surface area contributed by atoms with Crippen LogP contribution in [-0.4, -0.2) is 23.7 Å². The van der Waals surface area contributed by atoms with Crippen molar-refractivity contribution in [2.75, 3.05) is 11.9 Å². The van der Waals surface area contributed by atoms with Crippen LogP contribution in [-0.2, 0) is 0 Å².